The first kappa shape index (κ1) is 20.5. The Kier molecular flexibility index (Phi) is 5.53. The summed E-state index contributed by atoms with van der Waals surface area (Å²) in [5.41, 5.74) is 7.83. The van der Waals surface area contributed by atoms with Crippen LogP contribution in [-0.4, -0.2) is 0 Å². The van der Waals surface area contributed by atoms with Gasteiger partial charge in [0.05, 0.1) is 5.56 Å². The molecule has 0 amide bonds. The first-order valence-corrected chi connectivity index (χ1v) is 11.8. The summed E-state index contributed by atoms with van der Waals surface area (Å²) in [4.78, 5) is 2.35. The number of aryl methyl sites for hydroxylation is 1. The molecule has 0 spiro atoms. The maximum absolute atomic E-state index is 2.55. The van der Waals surface area contributed by atoms with Crippen LogP contribution >= 0.6 is 0 Å². The molecule has 0 atom stereocenters. The molecule has 1 aliphatic heterocycles. The molecule has 0 saturated heterocycles. The van der Waals surface area contributed by atoms with Gasteiger partial charge in [0, 0.05) is 48.5 Å². The van der Waals surface area contributed by atoms with E-state index >= 15 is 0 Å². The van der Waals surface area contributed by atoms with Crippen LogP contribution in [0.3, 0.4) is 0 Å². The second-order valence-corrected chi connectivity index (χ2v) is 8.74. The maximum atomic E-state index is 2.55. The number of hydrogen-bond donors (Lipinski definition) is 0. The highest BCUT2D eigenvalue weighted by atomic mass is 15.1. The summed E-state index contributed by atoms with van der Waals surface area (Å²) in [5.74, 6) is 0. The van der Waals surface area contributed by atoms with Crippen molar-refractivity contribution >= 4 is 17.1 Å². The van der Waals surface area contributed by atoms with Gasteiger partial charge in [-0.1, -0.05) is 56.3 Å². The van der Waals surface area contributed by atoms with Gasteiger partial charge in [-0.2, -0.15) is 4.57 Å². The van der Waals surface area contributed by atoms with E-state index in [0.29, 0.717) is 0 Å². The van der Waals surface area contributed by atoms with Crippen LogP contribution < -0.4 is 9.47 Å². The summed E-state index contributed by atoms with van der Waals surface area (Å²) < 4.78 is 2.55. The van der Waals surface area contributed by atoms with Crippen LogP contribution in [0.5, 0.6) is 0 Å². The fraction of sp³-hybridized carbons (Fsp3) is 0.233. The maximum Gasteiger partial charge on any atom is 0.213 e. The SMILES string of the molecule is CCC1(CC)CCc2ccc(N(c3ccccc3)c3ccccc3)cc2-c2cccc[n+]21. The van der Waals surface area contributed by atoms with E-state index in [2.05, 4.69) is 127 Å². The molecule has 0 unspecified atom stereocenters. The van der Waals surface area contributed by atoms with Crippen molar-refractivity contribution in [3.63, 3.8) is 0 Å². The van der Waals surface area contributed by atoms with E-state index in [1.807, 2.05) is 0 Å². The second kappa shape index (κ2) is 8.63. The highest BCUT2D eigenvalue weighted by molar-refractivity contribution is 5.80. The third-order valence-electron chi connectivity index (χ3n) is 7.20. The van der Waals surface area contributed by atoms with Crippen molar-refractivity contribution in [2.45, 2.75) is 45.1 Å². The Labute approximate surface area is 191 Å². The lowest BCUT2D eigenvalue weighted by Crippen LogP contribution is -2.56. The molecule has 0 bridgehead atoms. The molecule has 0 N–H and O–H groups in total. The van der Waals surface area contributed by atoms with Crippen LogP contribution in [0.15, 0.2) is 103 Å². The highest BCUT2D eigenvalue weighted by Crippen LogP contribution is 2.40. The van der Waals surface area contributed by atoms with E-state index < -0.39 is 0 Å². The average Bonchev–Trinajstić information content (AvgIpc) is 3.01. The highest BCUT2D eigenvalue weighted by Gasteiger charge is 2.40. The quantitative estimate of drug-likeness (QED) is 0.303. The van der Waals surface area contributed by atoms with Crippen molar-refractivity contribution < 1.29 is 4.57 Å². The monoisotopic (exact) mass is 419 g/mol. The van der Waals surface area contributed by atoms with E-state index in [9.17, 15) is 0 Å². The number of rotatable bonds is 5. The smallest absolute Gasteiger partial charge is 0.213 e. The summed E-state index contributed by atoms with van der Waals surface area (Å²) in [5, 5.41) is 0. The summed E-state index contributed by atoms with van der Waals surface area (Å²) in [6.07, 6.45) is 6.86. The molecule has 1 aliphatic rings. The third kappa shape index (κ3) is 3.50. The minimum Gasteiger partial charge on any atom is -0.310 e. The van der Waals surface area contributed by atoms with E-state index in [4.69, 9.17) is 0 Å². The Morgan fingerprint density at radius 3 is 1.97 bits per heavy atom. The molecule has 0 fully saturated rings. The van der Waals surface area contributed by atoms with Crippen LogP contribution in [-0.2, 0) is 12.0 Å². The van der Waals surface area contributed by atoms with Gasteiger partial charge in [-0.05, 0) is 54.4 Å². The van der Waals surface area contributed by atoms with Gasteiger partial charge >= 0.3 is 0 Å². The first-order chi connectivity index (χ1) is 15.8. The number of benzene rings is 3. The van der Waals surface area contributed by atoms with Crippen molar-refractivity contribution in [2.24, 2.45) is 0 Å². The summed E-state index contributed by atoms with van der Waals surface area (Å²) in [6, 6.07) is 35.0. The predicted molar refractivity (Wildman–Crippen MR) is 134 cm³/mol. The van der Waals surface area contributed by atoms with Crippen LogP contribution in [0.25, 0.3) is 11.3 Å². The third-order valence-corrected chi connectivity index (χ3v) is 7.20. The molecule has 5 rings (SSSR count). The molecule has 2 heteroatoms. The van der Waals surface area contributed by atoms with Crippen LogP contribution in [0.4, 0.5) is 17.1 Å². The van der Waals surface area contributed by atoms with E-state index in [0.717, 1.165) is 19.3 Å². The number of anilines is 3. The standard InChI is InChI=1S/C30H31N2/c1-3-30(4-2)21-20-24-18-19-27(23-28(24)29-17-11-12-22-31(29)30)32(25-13-7-5-8-14-25)26-15-9-6-10-16-26/h5-19,22-23H,3-4,20-21H2,1-2H3/q+1. The molecule has 0 radical (unpaired) electrons. The second-order valence-electron chi connectivity index (χ2n) is 8.74. The number of hydrogen-bond acceptors (Lipinski definition) is 1. The lowest BCUT2D eigenvalue weighted by molar-refractivity contribution is -0.757. The van der Waals surface area contributed by atoms with E-state index in [1.54, 1.807) is 0 Å². The van der Waals surface area contributed by atoms with Crippen molar-refractivity contribution in [2.75, 3.05) is 4.90 Å². The number of pyridine rings is 1. The zero-order valence-electron chi connectivity index (χ0n) is 19.0. The summed E-state index contributed by atoms with van der Waals surface area (Å²) in [6.45, 7) is 4.67. The number of fused-ring (bicyclic) bond motifs is 3. The molecule has 0 saturated carbocycles. The Morgan fingerprint density at radius 1 is 0.719 bits per heavy atom. The van der Waals surface area contributed by atoms with Crippen LogP contribution in [0, 0.1) is 0 Å². The fourth-order valence-corrected chi connectivity index (χ4v) is 5.27. The molecule has 0 aliphatic carbocycles. The Bertz CT molecular complexity index is 1150. The molecular weight excluding hydrogens is 388 g/mol. The molecular formula is C30H31N2+. The van der Waals surface area contributed by atoms with E-state index in [-0.39, 0.29) is 5.54 Å². The molecule has 1 aromatic heterocycles. The van der Waals surface area contributed by atoms with Gasteiger partial charge in [-0.25, -0.2) is 0 Å². The molecule has 160 valence electrons. The Morgan fingerprint density at radius 2 is 1.34 bits per heavy atom. The normalized spacial score (nSPS) is 14.2. The van der Waals surface area contributed by atoms with Crippen molar-refractivity contribution in [1.82, 2.24) is 0 Å². The fourth-order valence-electron chi connectivity index (χ4n) is 5.27. The zero-order valence-corrected chi connectivity index (χ0v) is 19.0. The molecule has 4 aromatic rings. The lowest BCUT2D eigenvalue weighted by atomic mass is 9.86. The van der Waals surface area contributed by atoms with Gasteiger partial charge < -0.3 is 4.90 Å². The minimum absolute atomic E-state index is 0.175. The van der Waals surface area contributed by atoms with Gasteiger partial charge in [0.1, 0.15) is 0 Å². The minimum atomic E-state index is 0.175. The Balaban J connectivity index is 1.70. The molecule has 32 heavy (non-hydrogen) atoms. The lowest BCUT2D eigenvalue weighted by Gasteiger charge is -2.26. The molecule has 2 heterocycles. The number of aromatic nitrogens is 1. The molecule has 2 nitrogen and oxygen atoms in total. The summed E-state index contributed by atoms with van der Waals surface area (Å²) in [7, 11) is 0. The molecule has 3 aromatic carbocycles. The number of para-hydroxylation sites is 2. The summed E-state index contributed by atoms with van der Waals surface area (Å²) >= 11 is 0. The predicted octanol–water partition coefficient (Wildman–Crippen LogP) is 7.57. The Hall–Kier alpha value is -3.39. The van der Waals surface area contributed by atoms with Crippen LogP contribution in [0.2, 0.25) is 0 Å². The van der Waals surface area contributed by atoms with Crippen molar-refractivity contribution in [3.8, 4) is 11.3 Å². The van der Waals surface area contributed by atoms with Gasteiger partial charge in [0.15, 0.2) is 11.7 Å². The van der Waals surface area contributed by atoms with Gasteiger partial charge in [0.25, 0.3) is 0 Å². The zero-order chi connectivity index (χ0) is 22.0. The van der Waals surface area contributed by atoms with Crippen molar-refractivity contribution in [1.29, 1.82) is 0 Å². The van der Waals surface area contributed by atoms with Gasteiger partial charge in [-0.15, -0.1) is 0 Å². The van der Waals surface area contributed by atoms with Gasteiger partial charge in [-0.3, -0.25) is 0 Å². The average molecular weight is 420 g/mol. The first-order valence-electron chi connectivity index (χ1n) is 11.8. The van der Waals surface area contributed by atoms with E-state index in [1.165, 1.54) is 40.3 Å². The van der Waals surface area contributed by atoms with Crippen LogP contribution in [0.1, 0.15) is 38.7 Å². The topological polar surface area (TPSA) is 7.12 Å². The number of nitrogens with zero attached hydrogens (tertiary/aromatic N) is 2. The largest absolute Gasteiger partial charge is 0.310 e. The van der Waals surface area contributed by atoms with Gasteiger partial charge in [0.2, 0.25) is 5.69 Å². The van der Waals surface area contributed by atoms with Crippen molar-refractivity contribution in [3.05, 3.63) is 109 Å².